The van der Waals surface area contributed by atoms with Crippen molar-refractivity contribution < 1.29 is 13.2 Å². The number of sulfonamides is 1. The van der Waals surface area contributed by atoms with E-state index in [4.69, 9.17) is 0 Å². The molecular weight excluding hydrogens is 356 g/mol. The molecule has 1 amide bonds. The monoisotopic (exact) mass is 372 g/mol. The Morgan fingerprint density at radius 1 is 1.33 bits per heavy atom. The lowest BCUT2D eigenvalue weighted by Crippen LogP contribution is -2.51. The summed E-state index contributed by atoms with van der Waals surface area (Å²) in [7, 11) is -3.84. The van der Waals surface area contributed by atoms with Gasteiger partial charge in [0, 0.05) is 4.83 Å². The first kappa shape index (κ1) is 15.0. The molecule has 2 atom stereocenters. The highest BCUT2D eigenvalue weighted by Crippen LogP contribution is 2.42. The molecule has 2 aliphatic rings. The average molecular weight is 373 g/mol. The predicted molar refractivity (Wildman–Crippen MR) is 82.3 cm³/mol. The Bertz CT molecular complexity index is 674. The van der Waals surface area contributed by atoms with Gasteiger partial charge in [-0.25, -0.2) is 5.43 Å². The minimum Gasteiger partial charge on any atom is -0.272 e. The molecule has 2 fully saturated rings. The number of benzene rings is 1. The highest BCUT2D eigenvalue weighted by atomic mass is 79.9. The Morgan fingerprint density at radius 2 is 2.00 bits per heavy atom. The number of alkyl halides is 1. The summed E-state index contributed by atoms with van der Waals surface area (Å²) in [6.07, 6.45) is 2.94. The van der Waals surface area contributed by atoms with Crippen LogP contribution in [0.25, 0.3) is 0 Å². The predicted octanol–water partition coefficient (Wildman–Crippen LogP) is 2.11. The van der Waals surface area contributed by atoms with Crippen molar-refractivity contribution >= 4 is 31.9 Å². The number of amides is 1. The molecule has 1 spiro atoms. The van der Waals surface area contributed by atoms with Crippen LogP contribution in [0.1, 0.15) is 31.2 Å². The number of nitrogens with zero attached hydrogens (tertiary/aromatic N) is 1. The van der Waals surface area contributed by atoms with Gasteiger partial charge in [-0.2, -0.15) is 12.8 Å². The molecule has 21 heavy (non-hydrogen) atoms. The molecule has 1 aromatic rings. The number of nitrogens with one attached hydrogen (secondary N) is 1. The topological polar surface area (TPSA) is 66.5 Å². The van der Waals surface area contributed by atoms with E-state index < -0.39 is 15.6 Å². The van der Waals surface area contributed by atoms with Crippen LogP contribution in [-0.2, 0) is 14.8 Å². The Kier molecular flexibility index (Phi) is 3.62. The summed E-state index contributed by atoms with van der Waals surface area (Å²) < 4.78 is 26.1. The standard InChI is InChI=1S/C14H17BrN2O3S/c1-10-4-6-11(7-5-10)21(19,20)17-13(18)9-14(16-17)8-2-3-12(14)15/h4-7,12,16H,2-3,8-9H2,1H3/t12-,14+/m0/s1. The van der Waals surface area contributed by atoms with Crippen molar-refractivity contribution in [3.8, 4) is 0 Å². The summed E-state index contributed by atoms with van der Waals surface area (Å²) in [6.45, 7) is 1.89. The van der Waals surface area contributed by atoms with E-state index in [1.807, 2.05) is 6.92 Å². The highest BCUT2D eigenvalue weighted by Gasteiger charge is 2.53. The molecular formula is C14H17BrN2O3S. The maximum absolute atomic E-state index is 12.6. The van der Waals surface area contributed by atoms with E-state index in [9.17, 15) is 13.2 Å². The second-order valence-corrected chi connectivity index (χ2v) is 8.67. The Balaban J connectivity index is 1.93. The van der Waals surface area contributed by atoms with Crippen molar-refractivity contribution in [2.75, 3.05) is 0 Å². The van der Waals surface area contributed by atoms with Gasteiger partial charge in [-0.3, -0.25) is 4.79 Å². The van der Waals surface area contributed by atoms with Gasteiger partial charge in [0.1, 0.15) is 0 Å². The number of carbonyl (C=O) groups excluding carboxylic acids is 1. The quantitative estimate of drug-likeness (QED) is 0.807. The van der Waals surface area contributed by atoms with E-state index >= 15 is 0 Å². The summed E-state index contributed by atoms with van der Waals surface area (Å²) in [4.78, 5) is 12.5. The normalized spacial score (nSPS) is 29.5. The van der Waals surface area contributed by atoms with Gasteiger partial charge in [0.25, 0.3) is 15.9 Å². The third-order valence-corrected chi connectivity index (χ3v) is 7.23. The molecule has 1 saturated carbocycles. The van der Waals surface area contributed by atoms with Crippen LogP contribution in [-0.4, -0.2) is 29.1 Å². The highest BCUT2D eigenvalue weighted by molar-refractivity contribution is 9.09. The van der Waals surface area contributed by atoms with Crippen molar-refractivity contribution in [1.82, 2.24) is 9.84 Å². The van der Waals surface area contributed by atoms with Crippen LogP contribution in [0.15, 0.2) is 29.2 Å². The fourth-order valence-corrected chi connectivity index (χ4v) is 5.15. The van der Waals surface area contributed by atoms with Gasteiger partial charge in [-0.1, -0.05) is 40.0 Å². The lowest BCUT2D eigenvalue weighted by atomic mass is 9.96. The smallest absolute Gasteiger partial charge is 0.272 e. The van der Waals surface area contributed by atoms with Crippen LogP contribution in [0.5, 0.6) is 0 Å². The van der Waals surface area contributed by atoms with Crippen molar-refractivity contribution in [3.05, 3.63) is 29.8 Å². The van der Waals surface area contributed by atoms with Crippen LogP contribution in [0.4, 0.5) is 0 Å². The molecule has 1 aliphatic carbocycles. The van der Waals surface area contributed by atoms with E-state index in [1.165, 1.54) is 12.1 Å². The molecule has 5 nitrogen and oxygen atoms in total. The summed E-state index contributed by atoms with van der Waals surface area (Å²) in [5.41, 5.74) is 3.48. The summed E-state index contributed by atoms with van der Waals surface area (Å²) >= 11 is 3.57. The first-order valence-electron chi connectivity index (χ1n) is 6.92. The van der Waals surface area contributed by atoms with Gasteiger partial charge >= 0.3 is 0 Å². The Hall–Kier alpha value is -0.920. The first-order chi connectivity index (χ1) is 9.85. The van der Waals surface area contributed by atoms with Gasteiger partial charge in [0.05, 0.1) is 16.9 Å². The van der Waals surface area contributed by atoms with Gasteiger partial charge < -0.3 is 0 Å². The second-order valence-electron chi connectivity index (χ2n) is 5.78. The van der Waals surface area contributed by atoms with Crippen LogP contribution >= 0.6 is 15.9 Å². The number of hydrogen-bond donors (Lipinski definition) is 1. The lowest BCUT2D eigenvalue weighted by molar-refractivity contribution is -0.124. The molecule has 7 heteroatoms. The SMILES string of the molecule is Cc1ccc(S(=O)(=O)N2N[C@]3(CCC[C@@H]3Br)CC2=O)cc1. The van der Waals surface area contributed by atoms with Gasteiger partial charge in [0.2, 0.25) is 0 Å². The Morgan fingerprint density at radius 3 is 2.57 bits per heavy atom. The molecule has 1 heterocycles. The molecule has 3 rings (SSSR count). The molecule has 1 aromatic carbocycles. The van der Waals surface area contributed by atoms with Crippen LogP contribution in [0.2, 0.25) is 0 Å². The van der Waals surface area contributed by atoms with Gasteiger partial charge in [-0.15, -0.1) is 0 Å². The minimum absolute atomic E-state index is 0.118. The number of halogens is 1. The fourth-order valence-electron chi connectivity index (χ4n) is 3.01. The number of rotatable bonds is 2. The van der Waals surface area contributed by atoms with Crippen LogP contribution < -0.4 is 5.43 Å². The third-order valence-electron chi connectivity index (χ3n) is 4.26. The Labute approximate surface area is 132 Å². The summed E-state index contributed by atoms with van der Waals surface area (Å²) in [6, 6.07) is 6.52. The molecule has 114 valence electrons. The number of aryl methyl sites for hydroxylation is 1. The molecule has 0 bridgehead atoms. The minimum atomic E-state index is -3.84. The molecule has 1 N–H and O–H groups in total. The van der Waals surface area contributed by atoms with E-state index in [0.29, 0.717) is 0 Å². The number of hydrogen-bond acceptors (Lipinski definition) is 4. The molecule has 0 unspecified atom stereocenters. The van der Waals surface area contributed by atoms with Crippen molar-refractivity contribution in [2.45, 2.75) is 47.9 Å². The van der Waals surface area contributed by atoms with Crippen molar-refractivity contribution in [2.24, 2.45) is 0 Å². The molecule has 0 radical (unpaired) electrons. The molecule has 1 saturated heterocycles. The number of carbonyl (C=O) groups is 1. The number of hydrazine groups is 1. The third kappa shape index (κ3) is 2.41. The van der Waals surface area contributed by atoms with E-state index in [0.717, 1.165) is 29.2 Å². The average Bonchev–Trinajstić information content (AvgIpc) is 2.95. The van der Waals surface area contributed by atoms with Crippen molar-refractivity contribution in [3.63, 3.8) is 0 Å². The molecule has 0 aromatic heterocycles. The van der Waals surface area contributed by atoms with Crippen molar-refractivity contribution in [1.29, 1.82) is 0 Å². The van der Waals surface area contributed by atoms with E-state index in [2.05, 4.69) is 21.4 Å². The largest absolute Gasteiger partial charge is 0.280 e. The van der Waals surface area contributed by atoms with Gasteiger partial charge in [0.15, 0.2) is 0 Å². The summed E-state index contributed by atoms with van der Waals surface area (Å²) in [5.74, 6) is -0.387. The van der Waals surface area contributed by atoms with E-state index in [-0.39, 0.29) is 22.1 Å². The second kappa shape index (κ2) is 5.07. The molecule has 1 aliphatic heterocycles. The maximum atomic E-state index is 12.6. The van der Waals surface area contributed by atoms with Crippen LogP contribution in [0, 0.1) is 6.92 Å². The van der Waals surface area contributed by atoms with E-state index in [1.54, 1.807) is 12.1 Å². The zero-order valence-corrected chi connectivity index (χ0v) is 14.1. The van der Waals surface area contributed by atoms with Gasteiger partial charge in [-0.05, 0) is 31.9 Å². The fraction of sp³-hybridized carbons (Fsp3) is 0.500. The zero-order valence-electron chi connectivity index (χ0n) is 11.7. The summed E-state index contributed by atoms with van der Waals surface area (Å²) in [5, 5.41) is 0. The van der Waals surface area contributed by atoms with Crippen LogP contribution in [0.3, 0.4) is 0 Å². The lowest BCUT2D eigenvalue weighted by Gasteiger charge is -2.28. The maximum Gasteiger partial charge on any atom is 0.280 e. The zero-order chi connectivity index (χ0) is 15.3. The first-order valence-corrected chi connectivity index (χ1v) is 9.27.